The first-order chi connectivity index (χ1) is 18.3. The number of nitrogens with one attached hydrogen (secondary N) is 1. The predicted molar refractivity (Wildman–Crippen MR) is 136 cm³/mol. The fourth-order valence-corrected chi connectivity index (χ4v) is 5.08. The van der Waals surface area contributed by atoms with Crippen LogP contribution in [0.25, 0.3) is 27.9 Å². The standard InChI is InChI=1S/C25H25F3N6O3S/c26-25(27,28)16-30-24(36)21-10-18(15-38-21)20-13-31-34-14-19(12-29-23(20)34)17-2-5-33(22(35)11-17)4-1-3-32-6-8-37-9-7-32/h2,5,10-15H,1,3-4,6-9,16H2,(H,30,36). The van der Waals surface area contributed by atoms with E-state index < -0.39 is 18.6 Å². The summed E-state index contributed by atoms with van der Waals surface area (Å²) in [6.45, 7) is 3.51. The zero-order chi connectivity index (χ0) is 26.7. The quantitative estimate of drug-likeness (QED) is 0.365. The number of carbonyl (C=O) groups is 1. The van der Waals surface area contributed by atoms with E-state index in [4.69, 9.17) is 4.74 Å². The van der Waals surface area contributed by atoms with E-state index in [0.29, 0.717) is 34.4 Å². The van der Waals surface area contributed by atoms with Gasteiger partial charge in [0.05, 0.1) is 24.3 Å². The van der Waals surface area contributed by atoms with Crippen LogP contribution in [0.5, 0.6) is 0 Å². The number of hydrogen-bond acceptors (Lipinski definition) is 7. The van der Waals surface area contributed by atoms with Crippen LogP contribution in [0.1, 0.15) is 16.1 Å². The predicted octanol–water partition coefficient (Wildman–Crippen LogP) is 3.30. The number of ether oxygens (including phenoxy) is 1. The topological polar surface area (TPSA) is 93.8 Å². The van der Waals surface area contributed by atoms with E-state index >= 15 is 0 Å². The van der Waals surface area contributed by atoms with E-state index in [9.17, 15) is 22.8 Å². The molecule has 13 heteroatoms. The Bertz CT molecular complexity index is 1490. The molecular formula is C25H25F3N6O3S. The first-order valence-corrected chi connectivity index (χ1v) is 12.9. The number of morpholine rings is 1. The van der Waals surface area contributed by atoms with Gasteiger partial charge >= 0.3 is 6.18 Å². The van der Waals surface area contributed by atoms with Gasteiger partial charge in [-0.25, -0.2) is 9.50 Å². The van der Waals surface area contributed by atoms with Crippen LogP contribution in [0.4, 0.5) is 13.2 Å². The molecule has 1 N–H and O–H groups in total. The van der Waals surface area contributed by atoms with Crippen molar-refractivity contribution in [1.29, 1.82) is 0 Å². The summed E-state index contributed by atoms with van der Waals surface area (Å²) in [7, 11) is 0. The van der Waals surface area contributed by atoms with Crippen LogP contribution in [-0.4, -0.2) is 75.5 Å². The molecule has 1 amide bonds. The maximum absolute atomic E-state index is 12.7. The van der Waals surface area contributed by atoms with Gasteiger partial charge < -0.3 is 14.6 Å². The minimum absolute atomic E-state index is 0.0969. The molecule has 0 unspecified atom stereocenters. The number of carbonyl (C=O) groups excluding carboxylic acids is 1. The molecule has 1 aliphatic heterocycles. The second-order valence-corrected chi connectivity index (χ2v) is 9.83. The highest BCUT2D eigenvalue weighted by atomic mass is 32.1. The van der Waals surface area contributed by atoms with Crippen LogP contribution in [0.3, 0.4) is 0 Å². The second-order valence-electron chi connectivity index (χ2n) is 8.92. The molecule has 0 spiro atoms. The van der Waals surface area contributed by atoms with Gasteiger partial charge in [0.15, 0.2) is 5.65 Å². The molecule has 38 heavy (non-hydrogen) atoms. The van der Waals surface area contributed by atoms with Crippen molar-refractivity contribution in [2.24, 2.45) is 0 Å². The number of fused-ring (bicyclic) bond motifs is 1. The summed E-state index contributed by atoms with van der Waals surface area (Å²) in [6.07, 6.45) is 3.16. The SMILES string of the molecule is O=C(NCC(F)(F)F)c1cc(-c2cnn3cc(-c4ccn(CCCN5CCOCC5)c(=O)c4)cnc23)cs1. The van der Waals surface area contributed by atoms with Crippen LogP contribution < -0.4 is 10.9 Å². The van der Waals surface area contributed by atoms with E-state index in [2.05, 4.69) is 15.0 Å². The lowest BCUT2D eigenvalue weighted by Gasteiger charge is -2.26. The Labute approximate surface area is 219 Å². The molecule has 0 aliphatic carbocycles. The van der Waals surface area contributed by atoms with Gasteiger partial charge in [0, 0.05) is 62.0 Å². The van der Waals surface area contributed by atoms with Gasteiger partial charge in [-0.3, -0.25) is 14.5 Å². The van der Waals surface area contributed by atoms with Crippen molar-refractivity contribution in [3.8, 4) is 22.3 Å². The number of thiophene rings is 1. The molecule has 5 rings (SSSR count). The lowest BCUT2D eigenvalue weighted by atomic mass is 10.1. The number of nitrogens with zero attached hydrogens (tertiary/aromatic N) is 5. The molecule has 0 saturated carbocycles. The summed E-state index contributed by atoms with van der Waals surface area (Å²) < 4.78 is 45.8. The number of halogens is 3. The van der Waals surface area contributed by atoms with E-state index in [1.54, 1.807) is 45.3 Å². The second kappa shape index (κ2) is 11.1. The summed E-state index contributed by atoms with van der Waals surface area (Å²) in [5.41, 5.74) is 3.11. The molecule has 200 valence electrons. The monoisotopic (exact) mass is 546 g/mol. The zero-order valence-corrected chi connectivity index (χ0v) is 21.1. The van der Waals surface area contributed by atoms with Crippen molar-refractivity contribution in [3.05, 3.63) is 63.6 Å². The molecule has 0 aromatic carbocycles. The minimum Gasteiger partial charge on any atom is -0.379 e. The van der Waals surface area contributed by atoms with Gasteiger partial charge in [-0.15, -0.1) is 11.3 Å². The average molecular weight is 547 g/mol. The fourth-order valence-electron chi connectivity index (χ4n) is 4.25. The number of aromatic nitrogens is 4. The summed E-state index contributed by atoms with van der Waals surface area (Å²) in [5.74, 6) is -0.791. The molecule has 0 atom stereocenters. The summed E-state index contributed by atoms with van der Waals surface area (Å²) in [5, 5.41) is 7.89. The van der Waals surface area contributed by atoms with Gasteiger partial charge in [0.1, 0.15) is 6.54 Å². The van der Waals surface area contributed by atoms with Gasteiger partial charge in [-0.1, -0.05) is 0 Å². The normalized spacial score (nSPS) is 14.7. The Balaban J connectivity index is 1.27. The molecule has 4 aromatic rings. The Morgan fingerprint density at radius 3 is 2.68 bits per heavy atom. The summed E-state index contributed by atoms with van der Waals surface area (Å²) >= 11 is 1.04. The number of pyridine rings is 1. The number of rotatable bonds is 8. The van der Waals surface area contributed by atoms with E-state index in [-0.39, 0.29) is 10.4 Å². The Kier molecular flexibility index (Phi) is 7.58. The number of hydrogen-bond donors (Lipinski definition) is 1. The zero-order valence-electron chi connectivity index (χ0n) is 20.3. The molecule has 5 heterocycles. The third-order valence-electron chi connectivity index (χ3n) is 6.25. The number of aryl methyl sites for hydroxylation is 1. The lowest BCUT2D eigenvalue weighted by molar-refractivity contribution is -0.123. The largest absolute Gasteiger partial charge is 0.405 e. The molecule has 1 saturated heterocycles. The maximum Gasteiger partial charge on any atom is 0.405 e. The van der Waals surface area contributed by atoms with Crippen molar-refractivity contribution in [3.63, 3.8) is 0 Å². The molecule has 4 aromatic heterocycles. The highest BCUT2D eigenvalue weighted by Gasteiger charge is 2.28. The lowest BCUT2D eigenvalue weighted by Crippen LogP contribution is -2.37. The van der Waals surface area contributed by atoms with Gasteiger partial charge in [-0.05, 0) is 35.1 Å². The fraction of sp³-hybridized carbons (Fsp3) is 0.360. The molecule has 1 aliphatic rings. The third kappa shape index (κ3) is 6.11. The van der Waals surface area contributed by atoms with Crippen molar-refractivity contribution >= 4 is 22.9 Å². The number of alkyl halides is 3. The number of amides is 1. The van der Waals surface area contributed by atoms with Crippen LogP contribution in [-0.2, 0) is 11.3 Å². The minimum atomic E-state index is -4.48. The van der Waals surface area contributed by atoms with Crippen molar-refractivity contribution < 1.29 is 22.7 Å². The molecular weight excluding hydrogens is 521 g/mol. The highest BCUT2D eigenvalue weighted by Crippen LogP contribution is 2.29. The van der Waals surface area contributed by atoms with Gasteiger partial charge in [0.25, 0.3) is 11.5 Å². The Morgan fingerprint density at radius 2 is 1.92 bits per heavy atom. The average Bonchev–Trinajstić information content (AvgIpc) is 3.55. The van der Waals surface area contributed by atoms with Crippen molar-refractivity contribution in [1.82, 2.24) is 29.4 Å². The molecule has 9 nitrogen and oxygen atoms in total. The van der Waals surface area contributed by atoms with Gasteiger partial charge in [0.2, 0.25) is 0 Å². The highest BCUT2D eigenvalue weighted by molar-refractivity contribution is 7.12. The third-order valence-corrected chi connectivity index (χ3v) is 7.18. The van der Waals surface area contributed by atoms with Crippen LogP contribution in [0.15, 0.2) is 53.2 Å². The van der Waals surface area contributed by atoms with Crippen molar-refractivity contribution in [2.75, 3.05) is 39.4 Å². The maximum atomic E-state index is 12.7. The molecule has 0 radical (unpaired) electrons. The van der Waals surface area contributed by atoms with Crippen LogP contribution >= 0.6 is 11.3 Å². The molecule has 1 fully saturated rings. The first kappa shape index (κ1) is 26.1. The summed E-state index contributed by atoms with van der Waals surface area (Å²) in [4.78, 5) is 31.7. The van der Waals surface area contributed by atoms with Crippen LogP contribution in [0, 0.1) is 0 Å². The van der Waals surface area contributed by atoms with E-state index in [1.807, 2.05) is 11.4 Å². The van der Waals surface area contributed by atoms with E-state index in [0.717, 1.165) is 50.6 Å². The Hall–Kier alpha value is -3.55. The van der Waals surface area contributed by atoms with Crippen molar-refractivity contribution in [2.45, 2.75) is 19.1 Å². The molecule has 0 bridgehead atoms. The Morgan fingerprint density at radius 1 is 1.11 bits per heavy atom. The van der Waals surface area contributed by atoms with E-state index in [1.165, 1.54) is 6.07 Å². The summed E-state index contributed by atoms with van der Waals surface area (Å²) in [6, 6.07) is 4.96. The smallest absolute Gasteiger partial charge is 0.379 e. The first-order valence-electron chi connectivity index (χ1n) is 12.0. The van der Waals surface area contributed by atoms with Gasteiger partial charge in [-0.2, -0.15) is 18.3 Å². The van der Waals surface area contributed by atoms with Crippen LogP contribution in [0.2, 0.25) is 0 Å².